The van der Waals surface area contributed by atoms with Crippen molar-refractivity contribution >= 4 is 51.8 Å². The van der Waals surface area contributed by atoms with Gasteiger partial charge in [-0.2, -0.15) is 0 Å². The molecule has 6 nitrogen and oxygen atoms in total. The highest BCUT2D eigenvalue weighted by molar-refractivity contribution is 8.13. The van der Waals surface area contributed by atoms with E-state index in [1.54, 1.807) is 28.0 Å². The number of nitrogens with zero attached hydrogens (tertiary/aromatic N) is 2. The molecular weight excluding hydrogens is 350 g/mol. The third-order valence-corrected chi connectivity index (χ3v) is 5.24. The molecular formula is C16H18ClN3O3S. The van der Waals surface area contributed by atoms with Crippen LogP contribution in [0.5, 0.6) is 0 Å². The first-order valence-corrected chi connectivity index (χ1v) is 9.22. The van der Waals surface area contributed by atoms with Crippen molar-refractivity contribution in [3.05, 3.63) is 23.2 Å². The van der Waals surface area contributed by atoms with E-state index in [-0.39, 0.29) is 23.5 Å². The summed E-state index contributed by atoms with van der Waals surface area (Å²) in [4.78, 5) is 38.6. The van der Waals surface area contributed by atoms with Gasteiger partial charge in [0, 0.05) is 43.9 Å². The van der Waals surface area contributed by atoms with Crippen molar-refractivity contribution in [3.63, 3.8) is 0 Å². The van der Waals surface area contributed by atoms with Crippen molar-refractivity contribution in [1.29, 1.82) is 0 Å². The van der Waals surface area contributed by atoms with Gasteiger partial charge in [0.25, 0.3) is 5.24 Å². The number of benzene rings is 1. The van der Waals surface area contributed by atoms with Gasteiger partial charge >= 0.3 is 0 Å². The molecule has 1 aromatic carbocycles. The van der Waals surface area contributed by atoms with E-state index in [0.29, 0.717) is 42.5 Å². The summed E-state index contributed by atoms with van der Waals surface area (Å²) in [6, 6.07) is 5.14. The zero-order chi connectivity index (χ0) is 17.1. The maximum atomic E-state index is 12.0. The normalized spacial score (nSPS) is 17.7. The van der Waals surface area contributed by atoms with Crippen molar-refractivity contribution in [3.8, 4) is 0 Å². The summed E-state index contributed by atoms with van der Waals surface area (Å²) >= 11 is 7.54. The standard InChI is InChI=1S/C16H18ClN3O3S/c17-12-10-11(3-4-13(12)20-6-1-2-15(20)22)18-14(21)5-7-19-8-9-24-16(19)23/h3-4,10H,1-2,5-9H2,(H,18,21). The highest BCUT2D eigenvalue weighted by Gasteiger charge is 2.24. The summed E-state index contributed by atoms with van der Waals surface area (Å²) < 4.78 is 0. The minimum Gasteiger partial charge on any atom is -0.332 e. The van der Waals surface area contributed by atoms with Crippen LogP contribution in [0.15, 0.2) is 18.2 Å². The number of amides is 3. The smallest absolute Gasteiger partial charge is 0.281 e. The largest absolute Gasteiger partial charge is 0.332 e. The molecule has 0 radical (unpaired) electrons. The van der Waals surface area contributed by atoms with Crippen LogP contribution in [0, 0.1) is 0 Å². The van der Waals surface area contributed by atoms with Gasteiger partial charge in [-0.1, -0.05) is 23.4 Å². The SMILES string of the molecule is O=C(CCN1CCSC1=O)Nc1ccc(N2CCCC2=O)c(Cl)c1. The fourth-order valence-electron chi connectivity index (χ4n) is 2.80. The van der Waals surface area contributed by atoms with Crippen LogP contribution >= 0.6 is 23.4 Å². The van der Waals surface area contributed by atoms with Crippen molar-refractivity contribution < 1.29 is 14.4 Å². The van der Waals surface area contributed by atoms with Gasteiger partial charge in [-0.05, 0) is 24.6 Å². The Morgan fingerprint density at radius 1 is 1.29 bits per heavy atom. The Bertz CT molecular complexity index is 683. The Hall–Kier alpha value is -1.73. The number of rotatable bonds is 5. The average molecular weight is 368 g/mol. The van der Waals surface area contributed by atoms with E-state index in [0.717, 1.165) is 12.2 Å². The first kappa shape index (κ1) is 17.1. The van der Waals surface area contributed by atoms with Crippen LogP contribution in [0.4, 0.5) is 16.2 Å². The first-order valence-electron chi connectivity index (χ1n) is 7.86. The van der Waals surface area contributed by atoms with Gasteiger partial charge in [0.05, 0.1) is 10.7 Å². The number of carbonyl (C=O) groups is 3. The van der Waals surface area contributed by atoms with Gasteiger partial charge in [0.1, 0.15) is 0 Å². The maximum Gasteiger partial charge on any atom is 0.281 e. The molecule has 1 aromatic rings. The second-order valence-corrected chi connectivity index (χ2v) is 7.17. The fourth-order valence-corrected chi connectivity index (χ4v) is 3.93. The lowest BCUT2D eigenvalue weighted by atomic mass is 10.2. The third kappa shape index (κ3) is 3.84. The number of hydrogen-bond acceptors (Lipinski definition) is 4. The van der Waals surface area contributed by atoms with Crippen LogP contribution in [0.2, 0.25) is 5.02 Å². The topological polar surface area (TPSA) is 69.7 Å². The molecule has 3 amide bonds. The molecule has 0 saturated carbocycles. The molecule has 0 atom stereocenters. The summed E-state index contributed by atoms with van der Waals surface area (Å²) in [6.45, 7) is 1.79. The second kappa shape index (κ2) is 7.44. The van der Waals surface area contributed by atoms with Gasteiger partial charge in [0.2, 0.25) is 11.8 Å². The summed E-state index contributed by atoms with van der Waals surface area (Å²) in [5, 5.41) is 3.25. The molecule has 24 heavy (non-hydrogen) atoms. The van der Waals surface area contributed by atoms with Crippen molar-refractivity contribution in [2.45, 2.75) is 19.3 Å². The number of hydrogen-bond donors (Lipinski definition) is 1. The number of thioether (sulfide) groups is 1. The molecule has 2 aliphatic rings. The molecule has 1 N–H and O–H groups in total. The predicted octanol–water partition coefficient (Wildman–Crippen LogP) is 2.96. The van der Waals surface area contributed by atoms with E-state index in [1.165, 1.54) is 11.8 Å². The summed E-state index contributed by atoms with van der Waals surface area (Å²) in [6.07, 6.45) is 1.62. The Morgan fingerprint density at radius 3 is 2.75 bits per heavy atom. The molecule has 2 aliphatic heterocycles. The monoisotopic (exact) mass is 367 g/mol. The maximum absolute atomic E-state index is 12.0. The molecule has 2 fully saturated rings. The van der Waals surface area contributed by atoms with E-state index >= 15 is 0 Å². The first-order chi connectivity index (χ1) is 11.5. The van der Waals surface area contributed by atoms with E-state index in [2.05, 4.69) is 5.32 Å². The van der Waals surface area contributed by atoms with Gasteiger partial charge in [-0.15, -0.1) is 0 Å². The predicted molar refractivity (Wildman–Crippen MR) is 95.7 cm³/mol. The number of nitrogens with one attached hydrogen (secondary N) is 1. The third-order valence-electron chi connectivity index (χ3n) is 4.05. The Balaban J connectivity index is 1.57. The zero-order valence-corrected chi connectivity index (χ0v) is 14.7. The van der Waals surface area contributed by atoms with E-state index in [1.807, 2.05) is 0 Å². The Kier molecular flexibility index (Phi) is 5.30. The Labute approximate surface area is 149 Å². The van der Waals surface area contributed by atoms with Gasteiger partial charge < -0.3 is 15.1 Å². The van der Waals surface area contributed by atoms with Crippen molar-refractivity contribution in [2.75, 3.05) is 35.6 Å². The number of halogens is 1. The van der Waals surface area contributed by atoms with E-state index in [4.69, 9.17) is 11.6 Å². The molecule has 0 spiro atoms. The molecule has 0 unspecified atom stereocenters. The number of carbonyl (C=O) groups excluding carboxylic acids is 3. The molecule has 2 saturated heterocycles. The minimum atomic E-state index is -0.166. The molecule has 0 aromatic heterocycles. The quantitative estimate of drug-likeness (QED) is 0.868. The van der Waals surface area contributed by atoms with Crippen LogP contribution in [-0.2, 0) is 9.59 Å². The summed E-state index contributed by atoms with van der Waals surface area (Å²) in [5.41, 5.74) is 1.26. The highest BCUT2D eigenvalue weighted by Crippen LogP contribution is 2.31. The molecule has 8 heteroatoms. The van der Waals surface area contributed by atoms with Crippen LogP contribution in [0.3, 0.4) is 0 Å². The van der Waals surface area contributed by atoms with Crippen molar-refractivity contribution in [1.82, 2.24) is 4.90 Å². The molecule has 0 bridgehead atoms. The van der Waals surface area contributed by atoms with Gasteiger partial charge in [0.15, 0.2) is 0 Å². The average Bonchev–Trinajstić information content (AvgIpc) is 3.14. The second-order valence-electron chi connectivity index (χ2n) is 5.71. The molecule has 2 heterocycles. The van der Waals surface area contributed by atoms with Crippen LogP contribution in [0.1, 0.15) is 19.3 Å². The van der Waals surface area contributed by atoms with Crippen molar-refractivity contribution in [2.24, 2.45) is 0 Å². The lowest BCUT2D eigenvalue weighted by Crippen LogP contribution is -2.27. The molecule has 3 rings (SSSR count). The van der Waals surface area contributed by atoms with Crippen LogP contribution in [0.25, 0.3) is 0 Å². The molecule has 128 valence electrons. The van der Waals surface area contributed by atoms with Gasteiger partial charge in [-0.3, -0.25) is 14.4 Å². The number of anilines is 2. The zero-order valence-electron chi connectivity index (χ0n) is 13.1. The lowest BCUT2D eigenvalue weighted by molar-refractivity contribution is -0.117. The van der Waals surface area contributed by atoms with Crippen LogP contribution in [-0.4, -0.2) is 47.3 Å². The minimum absolute atomic E-state index is 0.0328. The van der Waals surface area contributed by atoms with Gasteiger partial charge in [-0.25, -0.2) is 0 Å². The lowest BCUT2D eigenvalue weighted by Gasteiger charge is -2.18. The summed E-state index contributed by atoms with van der Waals surface area (Å²) in [7, 11) is 0. The molecule has 0 aliphatic carbocycles. The van der Waals surface area contributed by atoms with Crippen LogP contribution < -0.4 is 10.2 Å². The van der Waals surface area contributed by atoms with E-state index in [9.17, 15) is 14.4 Å². The Morgan fingerprint density at radius 2 is 2.12 bits per heavy atom. The summed E-state index contributed by atoms with van der Waals surface area (Å²) in [5.74, 6) is 0.690. The highest BCUT2D eigenvalue weighted by atomic mass is 35.5. The van der Waals surface area contributed by atoms with E-state index < -0.39 is 0 Å². The fraction of sp³-hybridized carbons (Fsp3) is 0.438.